The van der Waals surface area contributed by atoms with Gasteiger partial charge in [-0.1, -0.05) is 0 Å². The van der Waals surface area contributed by atoms with Crippen LogP contribution in [0.15, 0.2) is 0 Å². The van der Waals surface area contributed by atoms with Crippen LogP contribution in [0.3, 0.4) is 0 Å². The average Bonchev–Trinajstić information content (AvgIpc) is 2.54. The first-order valence-corrected chi connectivity index (χ1v) is 6.55. The smallest absolute Gasteiger partial charge is 0.128 e. The van der Waals surface area contributed by atoms with E-state index in [9.17, 15) is 0 Å². The number of likely N-dealkylation sites (N-methyl/N-ethyl adjacent to an activating group) is 2. The van der Waals surface area contributed by atoms with E-state index in [2.05, 4.69) is 55.2 Å². The predicted molar refractivity (Wildman–Crippen MR) is 77.0 cm³/mol. The summed E-state index contributed by atoms with van der Waals surface area (Å²) in [6, 6.07) is 0. The Kier molecular flexibility index (Phi) is 5.62. The highest BCUT2D eigenvalue weighted by molar-refractivity contribution is 5.47. The third-order valence-electron chi connectivity index (χ3n) is 3.05. The van der Waals surface area contributed by atoms with Crippen molar-refractivity contribution in [2.75, 3.05) is 46.1 Å². The zero-order valence-corrected chi connectivity index (χ0v) is 12.6. The Morgan fingerprint density at radius 1 is 1.22 bits per heavy atom. The van der Waals surface area contributed by atoms with Crippen LogP contribution >= 0.6 is 0 Å². The van der Waals surface area contributed by atoms with Gasteiger partial charge in [0.1, 0.15) is 5.82 Å². The fourth-order valence-electron chi connectivity index (χ4n) is 2.00. The molecular weight excluding hydrogens is 226 g/mol. The molecule has 5 heteroatoms. The van der Waals surface area contributed by atoms with Gasteiger partial charge in [0.15, 0.2) is 0 Å². The highest BCUT2D eigenvalue weighted by Crippen LogP contribution is 2.20. The normalized spacial score (nSPS) is 11.6. The summed E-state index contributed by atoms with van der Waals surface area (Å²) in [6.07, 6.45) is 0. The number of hydrogen-bond donors (Lipinski definition) is 1. The average molecular weight is 253 g/mol. The molecule has 0 aliphatic heterocycles. The minimum Gasteiger partial charge on any atom is -0.370 e. The molecule has 0 aliphatic carbocycles. The Morgan fingerprint density at radius 2 is 1.89 bits per heavy atom. The third-order valence-corrected chi connectivity index (χ3v) is 3.05. The summed E-state index contributed by atoms with van der Waals surface area (Å²) in [5.74, 6) is 1.15. The molecule has 1 N–H and O–H groups in total. The molecule has 5 nitrogen and oxygen atoms in total. The molecule has 0 aromatic carbocycles. The van der Waals surface area contributed by atoms with Crippen molar-refractivity contribution in [3.63, 3.8) is 0 Å². The Morgan fingerprint density at radius 3 is 2.44 bits per heavy atom. The van der Waals surface area contributed by atoms with Crippen molar-refractivity contribution in [1.82, 2.24) is 19.6 Å². The molecule has 0 amide bonds. The number of anilines is 1. The highest BCUT2D eigenvalue weighted by Gasteiger charge is 2.14. The number of aromatic nitrogens is 2. The van der Waals surface area contributed by atoms with Crippen LogP contribution in [0, 0.1) is 6.92 Å². The summed E-state index contributed by atoms with van der Waals surface area (Å²) in [5, 5.41) is 7.89. The Balaban J connectivity index is 2.70. The molecule has 0 saturated heterocycles. The van der Waals surface area contributed by atoms with Gasteiger partial charge in [-0.25, -0.2) is 0 Å². The molecule has 0 spiro atoms. The summed E-state index contributed by atoms with van der Waals surface area (Å²) < 4.78 is 1.94. The number of nitrogens with zero attached hydrogens (tertiary/aromatic N) is 4. The minimum absolute atomic E-state index is 0.924. The van der Waals surface area contributed by atoms with Gasteiger partial charge in [-0.05, 0) is 35.0 Å². The van der Waals surface area contributed by atoms with Crippen LogP contribution in [-0.2, 0) is 13.6 Å². The molecule has 1 rings (SSSR count). The zero-order chi connectivity index (χ0) is 13.7. The molecule has 1 aromatic heterocycles. The first-order chi connectivity index (χ1) is 8.45. The standard InChI is InChI=1S/C13H27N5/c1-7-14-13-12(11(2)15-18(13)6)10-17(5)9-8-16(3)4/h14H,7-10H2,1-6H3. The van der Waals surface area contributed by atoms with Crippen molar-refractivity contribution in [3.8, 4) is 0 Å². The molecule has 0 fully saturated rings. The molecule has 0 bridgehead atoms. The topological polar surface area (TPSA) is 36.3 Å². The van der Waals surface area contributed by atoms with Gasteiger partial charge in [0.25, 0.3) is 0 Å². The van der Waals surface area contributed by atoms with E-state index in [0.717, 1.165) is 37.7 Å². The number of rotatable bonds is 7. The van der Waals surface area contributed by atoms with E-state index >= 15 is 0 Å². The Hall–Kier alpha value is -1.07. The first-order valence-electron chi connectivity index (χ1n) is 6.55. The van der Waals surface area contributed by atoms with Crippen molar-refractivity contribution in [3.05, 3.63) is 11.3 Å². The van der Waals surface area contributed by atoms with Crippen molar-refractivity contribution in [1.29, 1.82) is 0 Å². The Bertz CT molecular complexity index is 370. The maximum absolute atomic E-state index is 4.50. The number of nitrogens with one attached hydrogen (secondary N) is 1. The SMILES string of the molecule is CCNc1c(CN(C)CCN(C)C)c(C)nn1C. The molecular formula is C13H27N5. The van der Waals surface area contributed by atoms with Gasteiger partial charge in [0, 0.05) is 38.8 Å². The number of aryl methyl sites for hydroxylation is 2. The van der Waals surface area contributed by atoms with Crippen LogP contribution in [0.4, 0.5) is 5.82 Å². The maximum atomic E-state index is 4.50. The molecule has 1 heterocycles. The summed E-state index contributed by atoms with van der Waals surface area (Å²) in [4.78, 5) is 4.54. The lowest BCUT2D eigenvalue weighted by Crippen LogP contribution is -2.28. The van der Waals surface area contributed by atoms with E-state index in [4.69, 9.17) is 0 Å². The van der Waals surface area contributed by atoms with Crippen LogP contribution in [0.25, 0.3) is 0 Å². The van der Waals surface area contributed by atoms with Crippen molar-refractivity contribution in [2.24, 2.45) is 7.05 Å². The van der Waals surface area contributed by atoms with E-state index in [0.29, 0.717) is 0 Å². The van der Waals surface area contributed by atoms with Crippen LogP contribution in [0.2, 0.25) is 0 Å². The summed E-state index contributed by atoms with van der Waals surface area (Å²) in [5.41, 5.74) is 2.42. The molecule has 0 atom stereocenters. The van der Waals surface area contributed by atoms with E-state index in [-0.39, 0.29) is 0 Å². The van der Waals surface area contributed by atoms with E-state index < -0.39 is 0 Å². The van der Waals surface area contributed by atoms with Crippen molar-refractivity contribution >= 4 is 5.82 Å². The highest BCUT2D eigenvalue weighted by atomic mass is 15.3. The zero-order valence-electron chi connectivity index (χ0n) is 12.6. The Labute approximate surface area is 111 Å². The fraction of sp³-hybridized carbons (Fsp3) is 0.769. The van der Waals surface area contributed by atoms with Crippen LogP contribution in [0.1, 0.15) is 18.2 Å². The van der Waals surface area contributed by atoms with Crippen LogP contribution < -0.4 is 5.32 Å². The van der Waals surface area contributed by atoms with Gasteiger partial charge in [-0.2, -0.15) is 5.10 Å². The van der Waals surface area contributed by atoms with E-state index in [1.54, 1.807) is 0 Å². The monoisotopic (exact) mass is 253 g/mol. The molecule has 1 aromatic rings. The first kappa shape index (κ1) is 15.0. The predicted octanol–water partition coefficient (Wildman–Crippen LogP) is 1.15. The molecule has 0 saturated carbocycles. The van der Waals surface area contributed by atoms with Gasteiger partial charge in [-0.15, -0.1) is 0 Å². The van der Waals surface area contributed by atoms with Crippen molar-refractivity contribution < 1.29 is 0 Å². The summed E-state index contributed by atoms with van der Waals surface area (Å²) in [7, 11) is 8.36. The number of hydrogen-bond acceptors (Lipinski definition) is 4. The quantitative estimate of drug-likeness (QED) is 0.791. The van der Waals surface area contributed by atoms with E-state index in [1.165, 1.54) is 5.56 Å². The molecule has 0 aliphatic rings. The van der Waals surface area contributed by atoms with Crippen LogP contribution in [0.5, 0.6) is 0 Å². The van der Waals surface area contributed by atoms with Gasteiger partial charge < -0.3 is 15.1 Å². The van der Waals surface area contributed by atoms with Gasteiger partial charge in [-0.3, -0.25) is 4.68 Å². The van der Waals surface area contributed by atoms with Crippen LogP contribution in [-0.4, -0.2) is 60.4 Å². The van der Waals surface area contributed by atoms with Crippen molar-refractivity contribution in [2.45, 2.75) is 20.4 Å². The molecule has 18 heavy (non-hydrogen) atoms. The largest absolute Gasteiger partial charge is 0.370 e. The van der Waals surface area contributed by atoms with Gasteiger partial charge in [0.2, 0.25) is 0 Å². The second-order valence-electron chi connectivity index (χ2n) is 5.11. The lowest BCUT2D eigenvalue weighted by Gasteiger charge is -2.20. The minimum atomic E-state index is 0.924. The third kappa shape index (κ3) is 3.99. The second kappa shape index (κ2) is 6.75. The second-order valence-corrected chi connectivity index (χ2v) is 5.11. The summed E-state index contributed by atoms with van der Waals surface area (Å²) >= 11 is 0. The fourth-order valence-corrected chi connectivity index (χ4v) is 2.00. The molecule has 0 radical (unpaired) electrons. The molecule has 104 valence electrons. The van der Waals surface area contributed by atoms with E-state index in [1.807, 2.05) is 11.7 Å². The van der Waals surface area contributed by atoms with Gasteiger partial charge in [0.05, 0.1) is 5.69 Å². The summed E-state index contributed by atoms with van der Waals surface area (Å²) in [6.45, 7) is 8.19. The van der Waals surface area contributed by atoms with Gasteiger partial charge >= 0.3 is 0 Å². The maximum Gasteiger partial charge on any atom is 0.128 e. The lowest BCUT2D eigenvalue weighted by atomic mass is 10.2. The lowest BCUT2D eigenvalue weighted by molar-refractivity contribution is 0.276. The molecule has 0 unspecified atom stereocenters.